The van der Waals surface area contributed by atoms with E-state index in [-0.39, 0.29) is 24.0 Å². The molecule has 190 valence electrons. The van der Waals surface area contributed by atoms with E-state index in [0.29, 0.717) is 35.7 Å². The number of ether oxygens (including phenoxy) is 2. The topological polar surface area (TPSA) is 59.1 Å². The van der Waals surface area contributed by atoms with Crippen LogP contribution in [0, 0.1) is 5.82 Å². The van der Waals surface area contributed by atoms with Crippen molar-refractivity contribution < 1.29 is 23.5 Å². The van der Waals surface area contributed by atoms with Gasteiger partial charge in [0, 0.05) is 36.0 Å². The van der Waals surface area contributed by atoms with E-state index in [1.54, 1.807) is 23.0 Å². The summed E-state index contributed by atoms with van der Waals surface area (Å²) >= 11 is 0. The smallest absolute Gasteiger partial charge is 0.259 e. The van der Waals surface area contributed by atoms with E-state index in [2.05, 4.69) is 0 Å². The van der Waals surface area contributed by atoms with Crippen LogP contribution in [0.15, 0.2) is 54.6 Å². The lowest BCUT2D eigenvalue weighted by molar-refractivity contribution is 0.0766. The van der Waals surface area contributed by atoms with Crippen LogP contribution < -0.4 is 14.4 Å². The number of anilines is 1. The Labute approximate surface area is 215 Å². The fourth-order valence-electron chi connectivity index (χ4n) is 5.81. The van der Waals surface area contributed by atoms with Crippen molar-refractivity contribution in [2.75, 3.05) is 12.0 Å². The number of amides is 2. The lowest BCUT2D eigenvalue weighted by Gasteiger charge is -2.24. The van der Waals surface area contributed by atoms with Crippen molar-refractivity contribution >= 4 is 17.5 Å². The van der Waals surface area contributed by atoms with Gasteiger partial charge >= 0.3 is 0 Å². The summed E-state index contributed by atoms with van der Waals surface area (Å²) in [6, 6.07) is 15.6. The largest absolute Gasteiger partial charge is 0.493 e. The first-order valence-corrected chi connectivity index (χ1v) is 12.8. The van der Waals surface area contributed by atoms with Crippen LogP contribution in [-0.4, -0.2) is 29.9 Å². The summed E-state index contributed by atoms with van der Waals surface area (Å²) in [5.41, 5.74) is 4.43. The van der Waals surface area contributed by atoms with Crippen LogP contribution in [0.4, 0.5) is 10.1 Å². The normalized spacial score (nSPS) is 18.9. The second-order valence-corrected chi connectivity index (χ2v) is 10.1. The van der Waals surface area contributed by atoms with Crippen LogP contribution >= 0.6 is 0 Å². The molecule has 0 bridgehead atoms. The quantitative estimate of drug-likeness (QED) is 0.415. The molecule has 1 unspecified atom stereocenters. The van der Waals surface area contributed by atoms with Gasteiger partial charge in [0.1, 0.15) is 5.82 Å². The molecule has 1 fully saturated rings. The van der Waals surface area contributed by atoms with Gasteiger partial charge in [0.15, 0.2) is 11.5 Å². The van der Waals surface area contributed by atoms with E-state index in [1.807, 2.05) is 43.3 Å². The highest BCUT2D eigenvalue weighted by Crippen LogP contribution is 2.42. The molecule has 3 aromatic carbocycles. The van der Waals surface area contributed by atoms with E-state index in [0.717, 1.165) is 48.1 Å². The second kappa shape index (κ2) is 9.21. The van der Waals surface area contributed by atoms with Gasteiger partial charge in [-0.05, 0) is 79.6 Å². The maximum absolute atomic E-state index is 13.6. The first kappa shape index (κ1) is 23.5. The molecule has 3 aromatic rings. The summed E-state index contributed by atoms with van der Waals surface area (Å²) in [6.45, 7) is 2.80. The lowest BCUT2D eigenvalue weighted by Crippen LogP contribution is -2.26. The monoisotopic (exact) mass is 500 g/mol. The molecule has 1 atom stereocenters. The fraction of sp³-hybridized carbons (Fsp3) is 0.333. The molecule has 0 N–H and O–H groups in total. The summed E-state index contributed by atoms with van der Waals surface area (Å²) < 4.78 is 25.4. The Bertz CT molecular complexity index is 1400. The molecule has 2 heterocycles. The Hall–Kier alpha value is -3.87. The van der Waals surface area contributed by atoms with Gasteiger partial charge in [-0.3, -0.25) is 9.59 Å². The summed E-state index contributed by atoms with van der Waals surface area (Å²) in [6.07, 6.45) is 4.56. The van der Waals surface area contributed by atoms with E-state index in [4.69, 9.17) is 9.47 Å². The summed E-state index contributed by atoms with van der Waals surface area (Å²) in [4.78, 5) is 29.9. The third-order valence-corrected chi connectivity index (χ3v) is 7.75. The van der Waals surface area contributed by atoms with Gasteiger partial charge < -0.3 is 19.3 Å². The molecule has 0 aromatic heterocycles. The second-order valence-electron chi connectivity index (χ2n) is 10.1. The molecule has 0 saturated heterocycles. The number of nitrogens with zero attached hydrogens (tertiary/aromatic N) is 2. The zero-order chi connectivity index (χ0) is 25.7. The van der Waals surface area contributed by atoms with Crippen LogP contribution in [0.2, 0.25) is 0 Å². The third kappa shape index (κ3) is 4.12. The molecule has 37 heavy (non-hydrogen) atoms. The molecule has 2 aliphatic heterocycles. The Morgan fingerprint density at radius 2 is 1.73 bits per heavy atom. The number of fused-ring (bicyclic) bond motifs is 2. The standard InChI is InChI=1S/C30H29FN2O4/c1-18-24-11-7-19(16-32-17-20-8-9-21(31)14-25(20)29(32)34)13-26(24)30(35)33(18)22-10-12-27(36-2)28(15-22)37-23-5-3-4-6-23/h7-15,18,23H,3-6,16-17H2,1-2H3. The summed E-state index contributed by atoms with van der Waals surface area (Å²) in [7, 11) is 1.62. The van der Waals surface area contributed by atoms with Crippen LogP contribution in [0.3, 0.4) is 0 Å². The van der Waals surface area contributed by atoms with E-state index < -0.39 is 5.82 Å². The molecular formula is C30H29FN2O4. The summed E-state index contributed by atoms with van der Waals surface area (Å²) in [5.74, 6) is 0.628. The van der Waals surface area contributed by atoms with Crippen LogP contribution in [0.5, 0.6) is 11.5 Å². The van der Waals surface area contributed by atoms with Crippen molar-refractivity contribution in [3.8, 4) is 11.5 Å². The molecular weight excluding hydrogens is 471 g/mol. The third-order valence-electron chi connectivity index (χ3n) is 7.75. The van der Waals surface area contributed by atoms with Crippen molar-refractivity contribution in [3.05, 3.63) is 88.2 Å². The molecule has 6 rings (SSSR count). The average molecular weight is 501 g/mol. The lowest BCUT2D eigenvalue weighted by atomic mass is 10.0. The van der Waals surface area contributed by atoms with Gasteiger partial charge in [-0.25, -0.2) is 4.39 Å². The summed E-state index contributed by atoms with van der Waals surface area (Å²) in [5, 5.41) is 0. The fourth-order valence-corrected chi connectivity index (χ4v) is 5.81. The van der Waals surface area contributed by atoms with Gasteiger partial charge in [0.25, 0.3) is 11.8 Å². The number of methoxy groups -OCH3 is 1. The number of carbonyl (C=O) groups is 2. The van der Waals surface area contributed by atoms with Gasteiger partial charge in [-0.2, -0.15) is 0 Å². The number of halogens is 1. The van der Waals surface area contributed by atoms with Crippen molar-refractivity contribution in [2.24, 2.45) is 0 Å². The highest BCUT2D eigenvalue weighted by molar-refractivity contribution is 6.11. The maximum atomic E-state index is 13.6. The molecule has 1 saturated carbocycles. The zero-order valence-corrected chi connectivity index (χ0v) is 21.0. The number of carbonyl (C=O) groups excluding carboxylic acids is 2. The number of hydrogen-bond donors (Lipinski definition) is 0. The SMILES string of the molecule is COc1ccc(N2C(=O)c3cc(CN4Cc5ccc(F)cc5C4=O)ccc3C2C)cc1OC1CCCC1. The van der Waals surface area contributed by atoms with Gasteiger partial charge in [-0.15, -0.1) is 0 Å². The number of benzene rings is 3. The Balaban J connectivity index is 1.24. The van der Waals surface area contributed by atoms with Gasteiger partial charge in [0.05, 0.1) is 19.3 Å². The molecule has 0 radical (unpaired) electrons. The van der Waals surface area contributed by atoms with E-state index in [9.17, 15) is 14.0 Å². The minimum absolute atomic E-state index is 0.0839. The van der Waals surface area contributed by atoms with Gasteiger partial charge in [0.2, 0.25) is 0 Å². The van der Waals surface area contributed by atoms with E-state index >= 15 is 0 Å². The molecule has 7 heteroatoms. The highest BCUT2D eigenvalue weighted by atomic mass is 19.1. The Kier molecular flexibility index (Phi) is 5.86. The van der Waals surface area contributed by atoms with Crippen molar-refractivity contribution in [1.29, 1.82) is 0 Å². The van der Waals surface area contributed by atoms with Crippen LogP contribution in [0.1, 0.15) is 76.1 Å². The predicted molar refractivity (Wildman–Crippen MR) is 138 cm³/mol. The van der Waals surface area contributed by atoms with Crippen molar-refractivity contribution in [3.63, 3.8) is 0 Å². The molecule has 3 aliphatic rings. The molecule has 1 aliphatic carbocycles. The molecule has 2 amide bonds. The van der Waals surface area contributed by atoms with Crippen LogP contribution in [-0.2, 0) is 13.1 Å². The predicted octanol–water partition coefficient (Wildman–Crippen LogP) is 6.03. The maximum Gasteiger partial charge on any atom is 0.259 e. The van der Waals surface area contributed by atoms with E-state index in [1.165, 1.54) is 12.1 Å². The molecule has 0 spiro atoms. The Morgan fingerprint density at radius 1 is 0.919 bits per heavy atom. The average Bonchev–Trinajstić information content (AvgIpc) is 3.58. The van der Waals surface area contributed by atoms with Crippen molar-refractivity contribution in [2.45, 2.75) is 57.8 Å². The Morgan fingerprint density at radius 3 is 2.51 bits per heavy atom. The number of hydrogen-bond acceptors (Lipinski definition) is 4. The van der Waals surface area contributed by atoms with Gasteiger partial charge in [-0.1, -0.05) is 18.2 Å². The highest BCUT2D eigenvalue weighted by Gasteiger charge is 2.36. The first-order chi connectivity index (χ1) is 17.9. The van der Waals surface area contributed by atoms with Crippen molar-refractivity contribution in [1.82, 2.24) is 4.90 Å². The zero-order valence-electron chi connectivity index (χ0n) is 21.0. The minimum atomic E-state index is -0.415. The first-order valence-electron chi connectivity index (χ1n) is 12.8. The minimum Gasteiger partial charge on any atom is -0.493 e. The molecule has 6 nitrogen and oxygen atoms in total. The van der Waals surface area contributed by atoms with Crippen LogP contribution in [0.25, 0.3) is 0 Å². The number of rotatable bonds is 6.